The van der Waals surface area contributed by atoms with Gasteiger partial charge in [0.15, 0.2) is 11.7 Å². The Morgan fingerprint density at radius 3 is 2.18 bits per heavy atom. The molecule has 2 bridgehead atoms. The molecule has 5 fully saturated rings. The molecule has 2 spiro atoms. The summed E-state index contributed by atoms with van der Waals surface area (Å²) in [5.41, 5.74) is -2.90. The fourth-order valence-electron chi connectivity index (χ4n) is 7.74. The number of hydrogen-bond donors (Lipinski definition) is 0. The number of esters is 4. The van der Waals surface area contributed by atoms with Crippen LogP contribution in [0, 0.1) is 17.3 Å². The van der Waals surface area contributed by atoms with E-state index >= 15 is 0 Å². The molecule has 12 unspecified atom stereocenters. The lowest BCUT2D eigenvalue weighted by Crippen LogP contribution is -2.76. The molecule has 5 rings (SSSR count). The van der Waals surface area contributed by atoms with Gasteiger partial charge in [-0.25, -0.2) is 0 Å². The zero-order valence-electron chi connectivity index (χ0n) is 22.9. The van der Waals surface area contributed by atoms with Gasteiger partial charge < -0.3 is 33.2 Å². The van der Waals surface area contributed by atoms with E-state index in [0.29, 0.717) is 25.0 Å². The highest BCUT2D eigenvalue weighted by Crippen LogP contribution is 2.65. The maximum absolute atomic E-state index is 13.3. The van der Waals surface area contributed by atoms with E-state index in [9.17, 15) is 19.2 Å². The second-order valence-corrected chi connectivity index (χ2v) is 13.0. The van der Waals surface area contributed by atoms with Crippen molar-refractivity contribution in [2.45, 2.75) is 99.2 Å². The van der Waals surface area contributed by atoms with Crippen molar-refractivity contribution < 1.29 is 52.3 Å². The lowest BCUT2D eigenvalue weighted by molar-refractivity contribution is -0.295. The van der Waals surface area contributed by atoms with Crippen molar-refractivity contribution in [1.82, 2.24) is 0 Å². The van der Waals surface area contributed by atoms with Gasteiger partial charge in [-0.1, -0.05) is 36.1 Å². The maximum Gasteiger partial charge on any atom is 0.312 e. The van der Waals surface area contributed by atoms with Crippen LogP contribution in [-0.4, -0.2) is 89.3 Å². The molecule has 4 heterocycles. The van der Waals surface area contributed by atoms with Crippen molar-refractivity contribution >= 4 is 46.5 Å². The van der Waals surface area contributed by atoms with Gasteiger partial charge >= 0.3 is 23.9 Å². The number of carbonyl (C=O) groups is 4. The first kappa shape index (κ1) is 28.7. The third-order valence-corrected chi connectivity index (χ3v) is 10.7. The van der Waals surface area contributed by atoms with Gasteiger partial charge in [0.1, 0.15) is 24.4 Å². The van der Waals surface area contributed by atoms with E-state index in [-0.39, 0.29) is 0 Å². The number of alkyl halides is 1. The summed E-state index contributed by atoms with van der Waals surface area (Å²) < 4.78 is 42.4. The summed E-state index contributed by atoms with van der Waals surface area (Å²) in [5.74, 6) is -3.71. The Kier molecular flexibility index (Phi) is 7.12. The van der Waals surface area contributed by atoms with E-state index in [1.807, 2.05) is 6.92 Å². The molecule has 4 saturated heterocycles. The number of carbonyl (C=O) groups excluding carboxylic acids is 4. The molecule has 1 saturated carbocycles. The van der Waals surface area contributed by atoms with E-state index in [2.05, 4.69) is 29.2 Å². The van der Waals surface area contributed by atoms with Crippen molar-refractivity contribution in [2.24, 2.45) is 17.3 Å². The summed E-state index contributed by atoms with van der Waals surface area (Å²) in [4.78, 5) is 51.0. The zero-order valence-corrected chi connectivity index (χ0v) is 25.1. The Labute approximate surface area is 240 Å². The molecule has 216 valence electrons. The second-order valence-electron chi connectivity index (χ2n) is 11.5. The first-order valence-electron chi connectivity index (χ1n) is 13.1. The molecular formula is C27H35IO11. The zero-order chi connectivity index (χ0) is 28.7. The highest BCUT2D eigenvalue weighted by molar-refractivity contribution is 14.1. The number of ether oxygens (including phenoxy) is 7. The lowest BCUT2D eigenvalue weighted by Gasteiger charge is -2.62. The van der Waals surface area contributed by atoms with Crippen LogP contribution in [0.1, 0.15) is 47.5 Å². The van der Waals surface area contributed by atoms with Crippen LogP contribution in [0.4, 0.5) is 0 Å². The molecule has 0 aromatic carbocycles. The van der Waals surface area contributed by atoms with E-state index in [1.165, 1.54) is 27.9 Å². The standard InChI is InChI=1S/C27H35IO11/c1-11-18-17(28)21(36-14(4)30)25(6)16(35-13(3)29)8-9-26(10-34-26)20(25)23(37-15(5)31)27(39-18)12(2)24(32)38-22(27)19(11)33-7/h12,16-23H,1,8-10H2,2-7H3. The van der Waals surface area contributed by atoms with Gasteiger partial charge in [-0.2, -0.15) is 0 Å². The fraction of sp³-hybridized carbons (Fsp3) is 0.778. The number of methoxy groups -OCH3 is 1. The Bertz CT molecular complexity index is 1100. The minimum absolute atomic E-state index is 0.351. The average molecular weight is 662 g/mol. The van der Waals surface area contributed by atoms with Gasteiger partial charge in [0.05, 0.1) is 33.6 Å². The van der Waals surface area contributed by atoms with Gasteiger partial charge in [-0.05, 0) is 25.3 Å². The van der Waals surface area contributed by atoms with Crippen LogP contribution in [0.25, 0.3) is 0 Å². The second kappa shape index (κ2) is 9.66. The first-order valence-corrected chi connectivity index (χ1v) is 14.4. The van der Waals surface area contributed by atoms with Crippen molar-refractivity contribution in [3.63, 3.8) is 0 Å². The normalized spacial score (nSPS) is 48.1. The summed E-state index contributed by atoms with van der Waals surface area (Å²) in [5, 5.41) is 0. The molecule has 0 aromatic rings. The number of halogens is 1. The molecule has 0 amide bonds. The molecule has 5 aliphatic rings. The quantitative estimate of drug-likeness (QED) is 0.109. The number of rotatable bonds is 4. The molecule has 0 N–H and O–H groups in total. The van der Waals surface area contributed by atoms with Crippen LogP contribution in [-0.2, 0) is 52.3 Å². The Balaban J connectivity index is 1.83. The van der Waals surface area contributed by atoms with Gasteiger partial charge in [-0.3, -0.25) is 19.2 Å². The maximum atomic E-state index is 13.3. The molecular weight excluding hydrogens is 627 g/mol. The SMILES string of the molecule is C=C1C2OC3(C(C)C(=O)OC3C1OC)C(OC(C)=O)C1C3(CCC(OC(C)=O)C1(C)C(OC(C)=O)C2I)CO3. The van der Waals surface area contributed by atoms with Gasteiger partial charge in [0.25, 0.3) is 0 Å². The van der Waals surface area contributed by atoms with Crippen LogP contribution >= 0.6 is 22.6 Å². The molecule has 4 aliphatic heterocycles. The third-order valence-electron chi connectivity index (χ3n) is 9.42. The highest BCUT2D eigenvalue weighted by Gasteiger charge is 2.79. The minimum atomic E-state index is -1.48. The molecule has 11 nitrogen and oxygen atoms in total. The predicted molar refractivity (Wildman–Crippen MR) is 141 cm³/mol. The van der Waals surface area contributed by atoms with Crippen LogP contribution in [0.3, 0.4) is 0 Å². The van der Waals surface area contributed by atoms with Gasteiger partial charge in [-0.15, -0.1) is 0 Å². The predicted octanol–water partition coefficient (Wildman–Crippen LogP) is 2.05. The molecule has 1 aliphatic carbocycles. The molecule has 12 heteroatoms. The van der Waals surface area contributed by atoms with Crippen molar-refractivity contribution in [3.05, 3.63) is 12.2 Å². The van der Waals surface area contributed by atoms with Crippen molar-refractivity contribution in [1.29, 1.82) is 0 Å². The van der Waals surface area contributed by atoms with E-state index < -0.39 is 92.9 Å². The highest BCUT2D eigenvalue weighted by atomic mass is 127. The smallest absolute Gasteiger partial charge is 0.312 e. The topological polar surface area (TPSA) is 136 Å². The summed E-state index contributed by atoms with van der Waals surface area (Å²) in [7, 11) is 1.49. The third kappa shape index (κ3) is 4.06. The van der Waals surface area contributed by atoms with Crippen LogP contribution in [0.2, 0.25) is 0 Å². The molecule has 0 aromatic heterocycles. The monoisotopic (exact) mass is 662 g/mol. The van der Waals surface area contributed by atoms with Crippen LogP contribution in [0.5, 0.6) is 0 Å². The lowest BCUT2D eigenvalue weighted by atomic mass is 9.51. The average Bonchev–Trinajstić information content (AvgIpc) is 3.57. The summed E-state index contributed by atoms with van der Waals surface area (Å²) >= 11 is 2.18. The Hall–Kier alpha value is -1.77. The minimum Gasteiger partial charge on any atom is -0.462 e. The van der Waals surface area contributed by atoms with E-state index in [1.54, 1.807) is 6.92 Å². The summed E-state index contributed by atoms with van der Waals surface area (Å²) in [6, 6.07) is 0. The van der Waals surface area contributed by atoms with Gasteiger partial charge in [0, 0.05) is 33.8 Å². The molecule has 0 radical (unpaired) electrons. The number of fused-ring (bicyclic) bond motifs is 3. The van der Waals surface area contributed by atoms with E-state index in [0.717, 1.165) is 0 Å². The van der Waals surface area contributed by atoms with Gasteiger partial charge in [0.2, 0.25) is 0 Å². The Morgan fingerprint density at radius 2 is 1.64 bits per heavy atom. The number of epoxide rings is 1. The summed E-state index contributed by atoms with van der Waals surface area (Å²) in [6.07, 6.45) is -4.32. The van der Waals surface area contributed by atoms with Crippen LogP contribution < -0.4 is 0 Å². The number of hydrogen-bond acceptors (Lipinski definition) is 11. The summed E-state index contributed by atoms with van der Waals surface area (Å²) in [6.45, 7) is 12.1. The fourth-order valence-corrected chi connectivity index (χ4v) is 9.27. The largest absolute Gasteiger partial charge is 0.462 e. The van der Waals surface area contributed by atoms with Crippen molar-refractivity contribution in [3.8, 4) is 0 Å². The van der Waals surface area contributed by atoms with Crippen molar-refractivity contribution in [2.75, 3.05) is 13.7 Å². The molecule has 39 heavy (non-hydrogen) atoms. The first-order chi connectivity index (χ1) is 18.2. The Morgan fingerprint density at radius 1 is 1.05 bits per heavy atom. The van der Waals surface area contributed by atoms with E-state index in [4.69, 9.17) is 33.2 Å². The molecule has 12 atom stereocenters. The van der Waals surface area contributed by atoms with Crippen LogP contribution in [0.15, 0.2) is 12.2 Å².